The number of hydrogen-bond acceptors (Lipinski definition) is 6. The van der Waals surface area contributed by atoms with Gasteiger partial charge in [0, 0.05) is 11.8 Å². The molecule has 1 N–H and O–H groups in total. The molecule has 31 heavy (non-hydrogen) atoms. The maximum atomic E-state index is 12.3. The number of rotatable bonds is 7. The molecule has 0 unspecified atom stereocenters. The average molecular weight is 419 g/mol. The number of esters is 1. The van der Waals surface area contributed by atoms with Gasteiger partial charge in [0.1, 0.15) is 5.75 Å². The summed E-state index contributed by atoms with van der Waals surface area (Å²) in [6.07, 6.45) is -0.984. The predicted molar refractivity (Wildman–Crippen MR) is 114 cm³/mol. The SMILES string of the molecule is C[C@@H](OC(=O)COc1ccc(-c2ccccc2)cc1)C(=O)Nc1ccc2c(c1)OCO2. The van der Waals surface area contributed by atoms with Gasteiger partial charge in [-0.3, -0.25) is 4.79 Å². The van der Waals surface area contributed by atoms with Crippen LogP contribution in [0.4, 0.5) is 5.69 Å². The maximum absolute atomic E-state index is 12.3. The van der Waals surface area contributed by atoms with Crippen LogP contribution in [-0.2, 0) is 14.3 Å². The van der Waals surface area contributed by atoms with Crippen molar-refractivity contribution in [3.63, 3.8) is 0 Å². The van der Waals surface area contributed by atoms with E-state index in [2.05, 4.69) is 5.32 Å². The van der Waals surface area contributed by atoms with E-state index < -0.39 is 18.0 Å². The molecule has 0 bridgehead atoms. The fourth-order valence-electron chi connectivity index (χ4n) is 3.02. The second kappa shape index (κ2) is 9.21. The molecule has 0 spiro atoms. The third-order valence-corrected chi connectivity index (χ3v) is 4.64. The quantitative estimate of drug-likeness (QED) is 0.582. The van der Waals surface area contributed by atoms with Gasteiger partial charge in [0.05, 0.1) is 0 Å². The number of carbonyl (C=O) groups excluding carboxylic acids is 2. The van der Waals surface area contributed by atoms with E-state index in [0.29, 0.717) is 22.9 Å². The Morgan fingerprint density at radius 3 is 2.42 bits per heavy atom. The zero-order chi connectivity index (χ0) is 21.6. The van der Waals surface area contributed by atoms with Gasteiger partial charge in [0.25, 0.3) is 5.91 Å². The van der Waals surface area contributed by atoms with E-state index in [1.165, 1.54) is 6.92 Å². The highest BCUT2D eigenvalue weighted by Crippen LogP contribution is 2.34. The fraction of sp³-hybridized carbons (Fsp3) is 0.167. The Hall–Kier alpha value is -4.00. The normalized spacial score (nSPS) is 12.7. The summed E-state index contributed by atoms with van der Waals surface area (Å²) in [4.78, 5) is 24.4. The first-order valence-electron chi connectivity index (χ1n) is 9.77. The Kier molecular flexibility index (Phi) is 6.03. The average Bonchev–Trinajstić information content (AvgIpc) is 3.26. The fourth-order valence-corrected chi connectivity index (χ4v) is 3.02. The summed E-state index contributed by atoms with van der Waals surface area (Å²) in [5, 5.41) is 2.68. The van der Waals surface area contributed by atoms with Crippen molar-refractivity contribution in [2.75, 3.05) is 18.7 Å². The summed E-state index contributed by atoms with van der Waals surface area (Å²) < 4.78 is 21.1. The molecule has 1 heterocycles. The van der Waals surface area contributed by atoms with Crippen LogP contribution in [0.25, 0.3) is 11.1 Å². The Morgan fingerprint density at radius 2 is 1.65 bits per heavy atom. The topological polar surface area (TPSA) is 83.1 Å². The first kappa shape index (κ1) is 20.3. The lowest BCUT2D eigenvalue weighted by Gasteiger charge is -2.14. The van der Waals surface area contributed by atoms with Crippen molar-refractivity contribution in [1.82, 2.24) is 0 Å². The van der Waals surface area contributed by atoms with Crippen LogP contribution in [0.2, 0.25) is 0 Å². The molecule has 0 aliphatic carbocycles. The third-order valence-electron chi connectivity index (χ3n) is 4.64. The van der Waals surface area contributed by atoms with Gasteiger partial charge in [-0.1, -0.05) is 42.5 Å². The summed E-state index contributed by atoms with van der Waals surface area (Å²) in [5.41, 5.74) is 2.66. The molecular formula is C24H21NO6. The largest absolute Gasteiger partial charge is 0.482 e. The van der Waals surface area contributed by atoms with Gasteiger partial charge in [-0.2, -0.15) is 0 Å². The predicted octanol–water partition coefficient (Wildman–Crippen LogP) is 4.03. The Labute approximate surface area is 179 Å². The van der Waals surface area contributed by atoms with Crippen molar-refractivity contribution < 1.29 is 28.5 Å². The monoisotopic (exact) mass is 419 g/mol. The van der Waals surface area contributed by atoms with Crippen molar-refractivity contribution in [3.8, 4) is 28.4 Å². The lowest BCUT2D eigenvalue weighted by atomic mass is 10.1. The van der Waals surface area contributed by atoms with Gasteiger partial charge in [-0.05, 0) is 42.3 Å². The number of nitrogens with one attached hydrogen (secondary N) is 1. The minimum Gasteiger partial charge on any atom is -0.482 e. The van der Waals surface area contributed by atoms with Gasteiger partial charge in [-0.15, -0.1) is 0 Å². The Balaban J connectivity index is 1.25. The Morgan fingerprint density at radius 1 is 0.935 bits per heavy atom. The highest BCUT2D eigenvalue weighted by atomic mass is 16.7. The molecule has 3 aromatic carbocycles. The lowest BCUT2D eigenvalue weighted by molar-refractivity contribution is -0.155. The molecule has 4 rings (SSSR count). The van der Waals surface area contributed by atoms with E-state index in [1.54, 1.807) is 30.3 Å². The zero-order valence-corrected chi connectivity index (χ0v) is 16.9. The molecule has 0 radical (unpaired) electrons. The lowest BCUT2D eigenvalue weighted by Crippen LogP contribution is -2.31. The number of amides is 1. The van der Waals surface area contributed by atoms with Gasteiger partial charge >= 0.3 is 5.97 Å². The zero-order valence-electron chi connectivity index (χ0n) is 16.9. The van der Waals surface area contributed by atoms with Crippen molar-refractivity contribution in [2.45, 2.75) is 13.0 Å². The van der Waals surface area contributed by atoms with E-state index in [1.807, 2.05) is 42.5 Å². The van der Waals surface area contributed by atoms with E-state index in [9.17, 15) is 9.59 Å². The minimum atomic E-state index is -0.984. The van der Waals surface area contributed by atoms with E-state index in [-0.39, 0.29) is 13.4 Å². The number of anilines is 1. The molecule has 3 aromatic rings. The smallest absolute Gasteiger partial charge is 0.344 e. The summed E-state index contributed by atoms with van der Waals surface area (Å²) in [7, 11) is 0. The second-order valence-electron chi connectivity index (χ2n) is 6.87. The first-order valence-corrected chi connectivity index (χ1v) is 9.77. The number of fused-ring (bicyclic) bond motifs is 1. The van der Waals surface area contributed by atoms with E-state index in [4.69, 9.17) is 18.9 Å². The van der Waals surface area contributed by atoms with E-state index >= 15 is 0 Å². The molecule has 1 amide bonds. The maximum Gasteiger partial charge on any atom is 0.344 e. The number of carbonyl (C=O) groups is 2. The van der Waals surface area contributed by atoms with Gasteiger partial charge in [-0.25, -0.2) is 4.79 Å². The van der Waals surface area contributed by atoms with Crippen LogP contribution in [0, 0.1) is 0 Å². The van der Waals surface area contributed by atoms with Crippen molar-refractivity contribution >= 4 is 17.6 Å². The summed E-state index contributed by atoms with van der Waals surface area (Å²) in [5.74, 6) is 0.606. The number of benzene rings is 3. The van der Waals surface area contributed by atoms with Crippen molar-refractivity contribution in [1.29, 1.82) is 0 Å². The van der Waals surface area contributed by atoms with Crippen LogP contribution in [0.5, 0.6) is 17.2 Å². The van der Waals surface area contributed by atoms with Crippen LogP contribution in [0.15, 0.2) is 72.8 Å². The van der Waals surface area contributed by atoms with Gasteiger partial charge in [0.2, 0.25) is 6.79 Å². The highest BCUT2D eigenvalue weighted by Gasteiger charge is 2.20. The molecule has 7 heteroatoms. The number of ether oxygens (including phenoxy) is 4. The summed E-state index contributed by atoms with van der Waals surface area (Å²) in [6.45, 7) is 1.34. The minimum absolute atomic E-state index is 0.149. The highest BCUT2D eigenvalue weighted by molar-refractivity contribution is 5.95. The first-order chi connectivity index (χ1) is 15.1. The van der Waals surface area contributed by atoms with Crippen LogP contribution < -0.4 is 19.5 Å². The van der Waals surface area contributed by atoms with Crippen LogP contribution >= 0.6 is 0 Å². The molecule has 0 aromatic heterocycles. The number of hydrogen-bond donors (Lipinski definition) is 1. The molecule has 0 saturated carbocycles. The van der Waals surface area contributed by atoms with Crippen LogP contribution in [0.1, 0.15) is 6.92 Å². The van der Waals surface area contributed by atoms with Crippen molar-refractivity contribution in [2.24, 2.45) is 0 Å². The van der Waals surface area contributed by atoms with E-state index in [0.717, 1.165) is 11.1 Å². The molecule has 1 aliphatic heterocycles. The third kappa shape index (κ3) is 5.14. The standard InChI is InChI=1S/C24H21NO6/c1-16(24(27)25-19-9-12-21-22(13-19)30-15-29-21)31-23(26)14-28-20-10-7-18(8-11-20)17-5-3-2-4-6-17/h2-13,16H,14-15H2,1H3,(H,25,27)/t16-/m1/s1. The van der Waals surface area contributed by atoms with Gasteiger partial charge < -0.3 is 24.3 Å². The summed E-state index contributed by atoms with van der Waals surface area (Å²) in [6, 6.07) is 22.4. The Bertz CT molecular complexity index is 1070. The molecule has 0 fully saturated rings. The van der Waals surface area contributed by atoms with Crippen LogP contribution in [-0.4, -0.2) is 31.4 Å². The van der Waals surface area contributed by atoms with Crippen LogP contribution in [0.3, 0.4) is 0 Å². The molecular weight excluding hydrogens is 398 g/mol. The molecule has 0 saturated heterocycles. The molecule has 158 valence electrons. The van der Waals surface area contributed by atoms with Crippen molar-refractivity contribution in [3.05, 3.63) is 72.8 Å². The second-order valence-corrected chi connectivity index (χ2v) is 6.87. The molecule has 1 aliphatic rings. The summed E-state index contributed by atoms with van der Waals surface area (Å²) >= 11 is 0. The van der Waals surface area contributed by atoms with Gasteiger partial charge in [0.15, 0.2) is 24.2 Å². The molecule has 7 nitrogen and oxygen atoms in total. The molecule has 1 atom stereocenters.